The monoisotopic (exact) mass is 438 g/mol. The Morgan fingerprint density at radius 1 is 0.935 bits per heavy atom. The molecule has 2 aliphatic heterocycles. The molecule has 9 heteroatoms. The second-order valence-electron chi connectivity index (χ2n) is 8.19. The average Bonchev–Trinajstić information content (AvgIpc) is 3.50. The van der Waals surface area contributed by atoms with Crippen LogP contribution >= 0.6 is 11.3 Å². The van der Waals surface area contributed by atoms with Gasteiger partial charge in [-0.05, 0) is 49.5 Å². The largest absolute Gasteiger partial charge is 0.338 e. The Bertz CT molecular complexity index is 1050. The van der Waals surface area contributed by atoms with Crippen molar-refractivity contribution in [3.05, 3.63) is 52.6 Å². The molecule has 8 nitrogen and oxygen atoms in total. The molecule has 0 bridgehead atoms. The van der Waals surface area contributed by atoms with Crippen LogP contribution in [0.4, 0.5) is 0 Å². The summed E-state index contributed by atoms with van der Waals surface area (Å²) in [6, 6.07) is 9.70. The lowest BCUT2D eigenvalue weighted by Gasteiger charge is -2.37. The Hall–Kier alpha value is -2.78. The van der Waals surface area contributed by atoms with Crippen molar-refractivity contribution in [2.24, 2.45) is 0 Å². The van der Waals surface area contributed by atoms with Gasteiger partial charge in [-0.15, -0.1) is 21.5 Å². The molecule has 2 amide bonds. The van der Waals surface area contributed by atoms with Gasteiger partial charge in [-0.3, -0.25) is 18.9 Å². The third kappa shape index (κ3) is 4.20. The van der Waals surface area contributed by atoms with E-state index in [2.05, 4.69) is 19.5 Å². The fraction of sp³-hybridized carbons (Fsp3) is 0.455. The molecule has 2 aliphatic rings. The van der Waals surface area contributed by atoms with Crippen molar-refractivity contribution >= 4 is 28.8 Å². The molecule has 3 aromatic rings. The lowest BCUT2D eigenvalue weighted by molar-refractivity contribution is -0.134. The summed E-state index contributed by atoms with van der Waals surface area (Å²) in [4.78, 5) is 32.0. The molecule has 5 heterocycles. The molecule has 0 aromatic carbocycles. The highest BCUT2D eigenvalue weighted by Crippen LogP contribution is 2.27. The predicted octanol–water partition coefficient (Wildman–Crippen LogP) is 1.95. The number of hydrogen-bond donors (Lipinski definition) is 0. The van der Waals surface area contributed by atoms with Crippen molar-refractivity contribution in [3.8, 4) is 0 Å². The van der Waals surface area contributed by atoms with Gasteiger partial charge in [0.15, 0.2) is 5.65 Å². The zero-order chi connectivity index (χ0) is 21.2. The van der Waals surface area contributed by atoms with Gasteiger partial charge in [0.2, 0.25) is 5.91 Å². The van der Waals surface area contributed by atoms with Crippen molar-refractivity contribution in [1.82, 2.24) is 29.3 Å². The molecular formula is C22H26N6O2S. The summed E-state index contributed by atoms with van der Waals surface area (Å²) in [6.45, 7) is 4.64. The first-order chi connectivity index (χ1) is 15.2. The maximum absolute atomic E-state index is 12.8. The first-order valence-electron chi connectivity index (χ1n) is 10.8. The Kier molecular flexibility index (Phi) is 5.69. The fourth-order valence-corrected chi connectivity index (χ4v) is 5.18. The molecule has 0 saturated carbocycles. The smallest absolute Gasteiger partial charge is 0.264 e. The van der Waals surface area contributed by atoms with Gasteiger partial charge >= 0.3 is 0 Å². The Labute approximate surface area is 185 Å². The van der Waals surface area contributed by atoms with Gasteiger partial charge in [0.25, 0.3) is 5.91 Å². The van der Waals surface area contributed by atoms with E-state index in [1.165, 1.54) is 11.3 Å². The number of fused-ring (bicyclic) bond motifs is 1. The standard InChI is InChI=1S/C22H26N6O2S/c29-20(26-11-13-27(14-12-26)22(30)18-4-3-15-31-18)16-25-9-6-17(7-10-25)21-24-23-19-5-1-2-8-28(19)21/h1-5,8,15,17H,6-7,9-14,16H2. The number of piperidine rings is 1. The van der Waals surface area contributed by atoms with Crippen LogP contribution in [0.3, 0.4) is 0 Å². The Morgan fingerprint density at radius 2 is 1.71 bits per heavy atom. The highest BCUT2D eigenvalue weighted by Gasteiger charge is 2.29. The number of thiophene rings is 1. The van der Waals surface area contributed by atoms with Crippen LogP contribution < -0.4 is 0 Å². The van der Waals surface area contributed by atoms with Crippen LogP contribution in [0.1, 0.15) is 34.3 Å². The second-order valence-corrected chi connectivity index (χ2v) is 9.14. The first kappa shape index (κ1) is 20.1. The minimum Gasteiger partial charge on any atom is -0.338 e. The molecule has 0 atom stereocenters. The maximum atomic E-state index is 12.8. The molecule has 162 valence electrons. The van der Waals surface area contributed by atoms with Gasteiger partial charge in [-0.2, -0.15) is 0 Å². The van der Waals surface area contributed by atoms with Crippen molar-refractivity contribution in [1.29, 1.82) is 0 Å². The number of amides is 2. The number of aromatic nitrogens is 3. The van der Waals surface area contributed by atoms with Gasteiger partial charge < -0.3 is 9.80 Å². The lowest BCUT2D eigenvalue weighted by Crippen LogP contribution is -2.53. The van der Waals surface area contributed by atoms with E-state index in [0.717, 1.165) is 42.3 Å². The van der Waals surface area contributed by atoms with Crippen molar-refractivity contribution < 1.29 is 9.59 Å². The molecule has 0 unspecified atom stereocenters. The van der Waals surface area contributed by atoms with Crippen molar-refractivity contribution in [2.75, 3.05) is 45.8 Å². The van der Waals surface area contributed by atoms with Gasteiger partial charge in [0, 0.05) is 38.3 Å². The van der Waals surface area contributed by atoms with Gasteiger partial charge in [-0.25, -0.2) is 0 Å². The molecule has 0 spiro atoms. The zero-order valence-electron chi connectivity index (χ0n) is 17.4. The highest BCUT2D eigenvalue weighted by molar-refractivity contribution is 7.12. The number of rotatable bonds is 4. The summed E-state index contributed by atoms with van der Waals surface area (Å²) in [7, 11) is 0. The number of likely N-dealkylation sites (tertiary alicyclic amines) is 1. The third-order valence-electron chi connectivity index (χ3n) is 6.30. The van der Waals surface area contributed by atoms with Crippen LogP contribution in [-0.2, 0) is 4.79 Å². The quantitative estimate of drug-likeness (QED) is 0.623. The number of pyridine rings is 1. The number of carbonyl (C=O) groups is 2. The van der Waals surface area contributed by atoms with E-state index in [1.807, 2.05) is 51.7 Å². The van der Waals surface area contributed by atoms with Crippen LogP contribution in [0.25, 0.3) is 5.65 Å². The van der Waals surface area contributed by atoms with Gasteiger partial charge in [0.05, 0.1) is 11.4 Å². The summed E-state index contributed by atoms with van der Waals surface area (Å²) in [5.41, 5.74) is 0.881. The van der Waals surface area contributed by atoms with Crippen LogP contribution in [0.5, 0.6) is 0 Å². The summed E-state index contributed by atoms with van der Waals surface area (Å²) >= 11 is 1.47. The van der Waals surface area contributed by atoms with Crippen LogP contribution in [0.15, 0.2) is 41.9 Å². The molecular weight excluding hydrogens is 412 g/mol. The summed E-state index contributed by atoms with van der Waals surface area (Å²) in [5.74, 6) is 1.63. The van der Waals surface area contributed by atoms with Crippen molar-refractivity contribution in [3.63, 3.8) is 0 Å². The van der Waals surface area contributed by atoms with Crippen LogP contribution in [0, 0.1) is 0 Å². The predicted molar refractivity (Wildman–Crippen MR) is 118 cm³/mol. The molecule has 2 saturated heterocycles. The van der Waals surface area contributed by atoms with E-state index >= 15 is 0 Å². The summed E-state index contributed by atoms with van der Waals surface area (Å²) in [6.07, 6.45) is 3.97. The molecule has 2 fully saturated rings. The molecule has 5 rings (SSSR count). The number of carbonyl (C=O) groups excluding carboxylic acids is 2. The molecule has 0 radical (unpaired) electrons. The normalized spacial score (nSPS) is 18.6. The number of hydrogen-bond acceptors (Lipinski definition) is 6. The topological polar surface area (TPSA) is 74.1 Å². The minimum absolute atomic E-state index is 0.0742. The molecule has 0 N–H and O–H groups in total. The average molecular weight is 439 g/mol. The van der Waals surface area contributed by atoms with Gasteiger partial charge in [-0.1, -0.05) is 12.1 Å². The second kappa shape index (κ2) is 8.76. The molecule has 31 heavy (non-hydrogen) atoms. The molecule has 3 aromatic heterocycles. The summed E-state index contributed by atoms with van der Waals surface area (Å²) in [5, 5.41) is 10.6. The van der Waals surface area contributed by atoms with Crippen molar-refractivity contribution in [2.45, 2.75) is 18.8 Å². The van der Waals surface area contributed by atoms with Gasteiger partial charge in [0.1, 0.15) is 5.82 Å². The highest BCUT2D eigenvalue weighted by atomic mass is 32.1. The number of piperazine rings is 1. The zero-order valence-corrected chi connectivity index (χ0v) is 18.2. The fourth-order valence-electron chi connectivity index (χ4n) is 4.49. The van der Waals surface area contributed by atoms with E-state index in [-0.39, 0.29) is 11.8 Å². The molecule has 0 aliphatic carbocycles. The summed E-state index contributed by atoms with van der Waals surface area (Å²) < 4.78 is 2.07. The Morgan fingerprint density at radius 3 is 2.45 bits per heavy atom. The van der Waals surface area contributed by atoms with Crippen LogP contribution in [0.2, 0.25) is 0 Å². The van der Waals surface area contributed by atoms with Crippen LogP contribution in [-0.4, -0.2) is 86.9 Å². The number of nitrogens with zero attached hydrogens (tertiary/aromatic N) is 6. The SMILES string of the molecule is O=C(CN1CCC(c2nnc3ccccn23)CC1)N1CCN(C(=O)c2cccs2)CC1. The van der Waals surface area contributed by atoms with E-state index < -0.39 is 0 Å². The lowest BCUT2D eigenvalue weighted by atomic mass is 9.96. The third-order valence-corrected chi connectivity index (χ3v) is 7.16. The first-order valence-corrected chi connectivity index (χ1v) is 11.7. The minimum atomic E-state index is 0.0742. The van der Waals surface area contributed by atoms with E-state index in [0.29, 0.717) is 38.6 Å². The Balaban J connectivity index is 1.10. The van der Waals surface area contributed by atoms with E-state index in [4.69, 9.17) is 0 Å². The van der Waals surface area contributed by atoms with E-state index in [9.17, 15) is 9.59 Å². The van der Waals surface area contributed by atoms with E-state index in [1.54, 1.807) is 0 Å². The maximum Gasteiger partial charge on any atom is 0.264 e.